The van der Waals surface area contributed by atoms with Gasteiger partial charge in [0.15, 0.2) is 4.90 Å². The molecule has 0 unspecified atom stereocenters. The van der Waals surface area contributed by atoms with E-state index in [0.717, 1.165) is 12.3 Å². The third-order valence-electron chi connectivity index (χ3n) is 0.863. The molecule has 1 rings (SSSR count). The van der Waals surface area contributed by atoms with Crippen molar-refractivity contribution in [3.63, 3.8) is 0 Å². The second kappa shape index (κ2) is 3.65. The Bertz CT molecular complexity index is 330. The van der Waals surface area contributed by atoms with Crippen LogP contribution in [0.3, 0.4) is 0 Å². The summed E-state index contributed by atoms with van der Waals surface area (Å²) in [5.74, 6) is 0. The van der Waals surface area contributed by atoms with Crippen molar-refractivity contribution >= 4 is 40.6 Å². The molecular weight excluding hydrogens is 187 g/mol. The van der Waals surface area contributed by atoms with Crippen LogP contribution in [0.15, 0.2) is 21.6 Å². The summed E-state index contributed by atoms with van der Waals surface area (Å²) < 4.78 is 33.5. The Balaban J connectivity index is 0.000001000. The van der Waals surface area contributed by atoms with E-state index in [1.54, 1.807) is 0 Å². The van der Waals surface area contributed by atoms with Gasteiger partial charge in [-0.3, -0.25) is 4.55 Å². The summed E-state index contributed by atoms with van der Waals surface area (Å²) in [6.45, 7) is 0. The number of hydrogen-bond donors (Lipinski definition) is 1. The first-order valence-electron chi connectivity index (χ1n) is 2.22. The van der Waals surface area contributed by atoms with Crippen LogP contribution in [0.2, 0.25) is 5.22 Å². The SMILES string of the molecule is O=S(=O)(O)c1ccoc1Cl.[LiH]. The molecule has 11 heavy (non-hydrogen) atoms. The normalized spacial score (nSPS) is 10.7. The molecule has 7 heteroatoms. The molecule has 1 aromatic heterocycles. The van der Waals surface area contributed by atoms with Gasteiger partial charge in [0, 0.05) is 0 Å². The Kier molecular flexibility index (Phi) is 3.68. The predicted octanol–water partition coefficient (Wildman–Crippen LogP) is 0.531. The molecule has 0 aliphatic carbocycles. The first kappa shape index (κ1) is 11.1. The van der Waals surface area contributed by atoms with Crippen LogP contribution in [0.1, 0.15) is 0 Å². The fourth-order valence-corrected chi connectivity index (χ4v) is 1.35. The molecular formula is C4H4ClLiO4S. The van der Waals surface area contributed by atoms with Crippen LogP contribution in [0, 0.1) is 0 Å². The van der Waals surface area contributed by atoms with Crippen LogP contribution in [-0.4, -0.2) is 31.8 Å². The molecule has 0 aromatic carbocycles. The molecule has 4 nitrogen and oxygen atoms in total. The Morgan fingerprint density at radius 3 is 2.27 bits per heavy atom. The van der Waals surface area contributed by atoms with Gasteiger partial charge in [-0.25, -0.2) is 0 Å². The van der Waals surface area contributed by atoms with Gasteiger partial charge in [0.1, 0.15) is 0 Å². The number of hydrogen-bond acceptors (Lipinski definition) is 3. The minimum absolute atomic E-state index is 0. The Morgan fingerprint density at radius 1 is 1.55 bits per heavy atom. The second-order valence-corrected chi connectivity index (χ2v) is 3.27. The standard InChI is InChI=1S/C4H3ClO4S.Li.H/c5-4-3(1-2-9-4)10(6,7)8;;/h1-2H,(H,6,7,8);;. The molecule has 0 aliphatic rings. The summed E-state index contributed by atoms with van der Waals surface area (Å²) in [6, 6.07) is 1.07. The average Bonchev–Trinajstić information content (AvgIpc) is 2.11. The molecule has 0 aliphatic heterocycles. The van der Waals surface area contributed by atoms with Crippen molar-refractivity contribution in [2.45, 2.75) is 4.90 Å². The van der Waals surface area contributed by atoms with E-state index in [1.165, 1.54) is 0 Å². The Morgan fingerprint density at radius 2 is 2.09 bits per heavy atom. The van der Waals surface area contributed by atoms with Crippen molar-refractivity contribution in [2.24, 2.45) is 0 Å². The number of rotatable bonds is 1. The van der Waals surface area contributed by atoms with Crippen molar-refractivity contribution in [1.29, 1.82) is 0 Å². The molecule has 58 valence electrons. The molecule has 1 aromatic rings. The first-order chi connectivity index (χ1) is 4.52. The third kappa shape index (κ3) is 2.54. The monoisotopic (exact) mass is 190 g/mol. The quantitative estimate of drug-likeness (QED) is 0.518. The van der Waals surface area contributed by atoms with Gasteiger partial charge in [-0.15, -0.1) is 0 Å². The van der Waals surface area contributed by atoms with E-state index < -0.39 is 15.0 Å². The molecule has 0 bridgehead atoms. The van der Waals surface area contributed by atoms with Gasteiger partial charge in [0.2, 0.25) is 5.22 Å². The van der Waals surface area contributed by atoms with Crippen molar-refractivity contribution in [3.05, 3.63) is 17.5 Å². The van der Waals surface area contributed by atoms with E-state index in [4.69, 9.17) is 16.2 Å². The van der Waals surface area contributed by atoms with E-state index >= 15 is 0 Å². The molecule has 0 fully saturated rings. The maximum atomic E-state index is 10.3. The van der Waals surface area contributed by atoms with Crippen LogP contribution in [-0.2, 0) is 10.1 Å². The van der Waals surface area contributed by atoms with E-state index in [9.17, 15) is 8.42 Å². The maximum absolute atomic E-state index is 10.3. The Hall–Kier alpha value is 0.0774. The van der Waals surface area contributed by atoms with Gasteiger partial charge in [0.25, 0.3) is 10.1 Å². The van der Waals surface area contributed by atoms with E-state index in [1.807, 2.05) is 0 Å². The predicted molar refractivity (Wildman–Crippen MR) is 40.7 cm³/mol. The summed E-state index contributed by atoms with van der Waals surface area (Å²) in [5, 5.41) is -0.331. The van der Waals surface area contributed by atoms with Gasteiger partial charge in [-0.05, 0) is 17.7 Å². The van der Waals surface area contributed by atoms with Crippen molar-refractivity contribution in [2.75, 3.05) is 0 Å². The minimum atomic E-state index is -4.22. The van der Waals surface area contributed by atoms with Crippen LogP contribution < -0.4 is 0 Å². The summed E-state index contributed by atoms with van der Waals surface area (Å²) in [6.07, 6.45) is 1.07. The summed E-state index contributed by atoms with van der Waals surface area (Å²) >= 11 is 5.22. The van der Waals surface area contributed by atoms with Crippen LogP contribution in [0.25, 0.3) is 0 Å². The van der Waals surface area contributed by atoms with Gasteiger partial charge >= 0.3 is 18.9 Å². The van der Waals surface area contributed by atoms with E-state index in [-0.39, 0.29) is 24.1 Å². The number of halogens is 1. The fraction of sp³-hybridized carbons (Fsp3) is 0. The third-order valence-corrected chi connectivity index (χ3v) is 2.14. The van der Waals surface area contributed by atoms with Gasteiger partial charge in [0.05, 0.1) is 6.26 Å². The van der Waals surface area contributed by atoms with Crippen molar-refractivity contribution < 1.29 is 17.4 Å². The number of furan rings is 1. The molecule has 0 saturated heterocycles. The van der Waals surface area contributed by atoms with Crippen molar-refractivity contribution in [3.8, 4) is 0 Å². The molecule has 0 spiro atoms. The van der Waals surface area contributed by atoms with Gasteiger partial charge < -0.3 is 4.42 Å². The summed E-state index contributed by atoms with van der Waals surface area (Å²) in [5.41, 5.74) is 0. The topological polar surface area (TPSA) is 67.5 Å². The molecule has 1 N–H and O–H groups in total. The van der Waals surface area contributed by atoms with Crippen LogP contribution >= 0.6 is 11.6 Å². The first-order valence-corrected chi connectivity index (χ1v) is 4.04. The molecule has 0 amide bonds. The zero-order chi connectivity index (χ0) is 7.78. The molecule has 1 heterocycles. The van der Waals surface area contributed by atoms with Crippen molar-refractivity contribution in [1.82, 2.24) is 0 Å². The van der Waals surface area contributed by atoms with E-state index in [0.29, 0.717) is 0 Å². The molecule has 0 saturated carbocycles. The zero-order valence-electron chi connectivity index (χ0n) is 4.61. The average molecular weight is 191 g/mol. The summed E-state index contributed by atoms with van der Waals surface area (Å²) in [4.78, 5) is -0.408. The van der Waals surface area contributed by atoms with Gasteiger partial charge in [-0.2, -0.15) is 8.42 Å². The fourth-order valence-electron chi connectivity index (χ4n) is 0.467. The van der Waals surface area contributed by atoms with E-state index in [2.05, 4.69) is 4.42 Å². The zero-order valence-corrected chi connectivity index (χ0v) is 6.19. The molecule has 0 atom stereocenters. The van der Waals surface area contributed by atoms with Crippen LogP contribution in [0.5, 0.6) is 0 Å². The van der Waals surface area contributed by atoms with Crippen LogP contribution in [0.4, 0.5) is 0 Å². The van der Waals surface area contributed by atoms with Gasteiger partial charge in [-0.1, -0.05) is 0 Å². The Labute approximate surface area is 80.5 Å². The second-order valence-electron chi connectivity index (χ2n) is 1.53. The molecule has 0 radical (unpaired) electrons. The summed E-state index contributed by atoms with van der Waals surface area (Å²) in [7, 11) is -4.22.